The smallest absolute Gasteiger partial charge is 0.292 e. The summed E-state index contributed by atoms with van der Waals surface area (Å²) in [6, 6.07) is 23.7. The Hall–Kier alpha value is -4.22. The fourth-order valence-electron chi connectivity index (χ4n) is 6.27. The van der Waals surface area contributed by atoms with Gasteiger partial charge in [-0.05, 0) is 72.8 Å². The first-order chi connectivity index (χ1) is 27.5. The van der Waals surface area contributed by atoms with Crippen LogP contribution in [0.3, 0.4) is 0 Å². The Morgan fingerprint density at radius 1 is 0.431 bits per heavy atom. The number of allylic oxidation sites excluding steroid dienone is 6. The molecule has 4 atom stereocenters. The summed E-state index contributed by atoms with van der Waals surface area (Å²) in [4.78, 5) is 88.5. The molecule has 2 aliphatic rings. The van der Waals surface area contributed by atoms with E-state index in [1.807, 2.05) is 0 Å². The van der Waals surface area contributed by atoms with E-state index in [9.17, 15) is 28.8 Å². The molecule has 294 valence electrons. The number of carbonyl (C=O) groups is 6. The first-order valence-corrected chi connectivity index (χ1v) is 19.7. The Bertz CT molecular complexity index is 2390. The van der Waals surface area contributed by atoms with E-state index < -0.39 is 66.7 Å². The Labute approximate surface area is 370 Å². The van der Waals surface area contributed by atoms with Crippen LogP contribution in [0.1, 0.15) is 41.4 Å². The molecule has 0 amide bonds. The fraction of sp³-hybridized carbons (Fsp3) is 0.0952. The van der Waals surface area contributed by atoms with Crippen LogP contribution >= 0.6 is 92.8 Å². The summed E-state index contributed by atoms with van der Waals surface area (Å²) in [5.74, 6) is -10.3. The average Bonchev–Trinajstić information content (AvgIpc) is 3.19. The molecule has 0 spiro atoms. The van der Waals surface area contributed by atoms with Crippen molar-refractivity contribution < 1.29 is 38.5 Å². The molecule has 0 saturated carbocycles. The first-order valence-electron chi connectivity index (χ1n) is 16.7. The molecule has 0 aromatic heterocycles. The second-order valence-corrected chi connectivity index (χ2v) is 16.5. The summed E-state index contributed by atoms with van der Waals surface area (Å²) in [5.41, 5.74) is -0.664. The standard InChI is InChI=1S/C42H22Cl8O8/c43-27-13-5-1-9-23(27)35(51)21-17-31(47)33(41(49,19-21)37(53)25-11-3-7-15-29(25)45)39(55)57-58-40(56)34-32(48)18-22(36(52)24-10-2-6-14-28(24)44)20-42(34,50)38(54)26-12-4-8-16-30(26)46/h1-20,33-34H. The van der Waals surface area contributed by atoms with Gasteiger partial charge in [0, 0.05) is 43.5 Å². The lowest BCUT2D eigenvalue weighted by Crippen LogP contribution is -2.48. The van der Waals surface area contributed by atoms with Crippen LogP contribution in [0.2, 0.25) is 20.1 Å². The lowest BCUT2D eigenvalue weighted by Gasteiger charge is -2.34. The third-order valence-corrected chi connectivity index (χ3v) is 12.1. The summed E-state index contributed by atoms with van der Waals surface area (Å²) in [6.45, 7) is 0. The lowest BCUT2D eigenvalue weighted by molar-refractivity contribution is -0.263. The number of Topliss-reactive ketones (excluding diaryl/α,β-unsaturated/α-hetero) is 4. The number of carbonyl (C=O) groups excluding carboxylic acids is 6. The van der Waals surface area contributed by atoms with E-state index >= 15 is 0 Å². The summed E-state index contributed by atoms with van der Waals surface area (Å²) >= 11 is 52.5. The minimum absolute atomic E-state index is 0.0365. The van der Waals surface area contributed by atoms with Crippen LogP contribution < -0.4 is 0 Å². The first kappa shape index (κ1) is 43.4. The molecular weight excluding hydrogens is 916 g/mol. The van der Waals surface area contributed by atoms with Gasteiger partial charge in [0.1, 0.15) is 21.6 Å². The number of alkyl halides is 2. The molecule has 4 aromatic carbocycles. The van der Waals surface area contributed by atoms with E-state index in [1.165, 1.54) is 60.7 Å². The normalized spacial score (nSPS) is 21.4. The van der Waals surface area contributed by atoms with Crippen LogP contribution in [0.4, 0.5) is 0 Å². The number of hydrogen-bond donors (Lipinski definition) is 0. The number of halogens is 8. The van der Waals surface area contributed by atoms with Crippen molar-refractivity contribution in [1.82, 2.24) is 0 Å². The van der Waals surface area contributed by atoms with Crippen molar-refractivity contribution in [3.05, 3.63) is 185 Å². The summed E-state index contributed by atoms with van der Waals surface area (Å²) in [5, 5.41) is -0.891. The second-order valence-electron chi connectivity index (χ2n) is 12.7. The van der Waals surface area contributed by atoms with Crippen molar-refractivity contribution in [2.45, 2.75) is 9.75 Å². The monoisotopic (exact) mass is 934 g/mol. The lowest BCUT2D eigenvalue weighted by atomic mass is 9.78. The van der Waals surface area contributed by atoms with Crippen molar-refractivity contribution in [2.24, 2.45) is 11.8 Å². The van der Waals surface area contributed by atoms with E-state index in [-0.39, 0.29) is 53.5 Å². The molecule has 16 heteroatoms. The third kappa shape index (κ3) is 8.31. The molecule has 0 N–H and O–H groups in total. The zero-order valence-corrected chi connectivity index (χ0v) is 35.0. The molecule has 6 rings (SSSR count). The Morgan fingerprint density at radius 2 is 0.707 bits per heavy atom. The maximum atomic E-state index is 14.2. The summed E-state index contributed by atoms with van der Waals surface area (Å²) in [6.07, 6.45) is 4.16. The highest BCUT2D eigenvalue weighted by Gasteiger charge is 2.55. The van der Waals surface area contributed by atoms with Gasteiger partial charge >= 0.3 is 11.9 Å². The molecule has 8 nitrogen and oxygen atoms in total. The molecule has 0 heterocycles. The number of rotatable bonds is 10. The molecule has 0 bridgehead atoms. The van der Waals surface area contributed by atoms with Crippen LogP contribution in [0, 0.1) is 11.8 Å². The van der Waals surface area contributed by atoms with Gasteiger partial charge in [0.15, 0.2) is 23.1 Å². The van der Waals surface area contributed by atoms with Crippen molar-refractivity contribution in [3.63, 3.8) is 0 Å². The van der Waals surface area contributed by atoms with Gasteiger partial charge in [0.25, 0.3) is 0 Å². The highest BCUT2D eigenvalue weighted by atomic mass is 35.5. The Balaban J connectivity index is 1.35. The van der Waals surface area contributed by atoms with Gasteiger partial charge in [-0.25, -0.2) is 19.4 Å². The van der Waals surface area contributed by atoms with Gasteiger partial charge in [-0.1, -0.05) is 118 Å². The fourth-order valence-corrected chi connectivity index (χ4v) is 8.88. The number of ketones is 4. The van der Waals surface area contributed by atoms with E-state index in [2.05, 4.69) is 0 Å². The van der Waals surface area contributed by atoms with E-state index in [4.69, 9.17) is 103 Å². The SMILES string of the molecule is O=C(C1=CC(Cl)(C(=O)c2ccccc2Cl)C(C(=O)OOC(=O)C2C(Cl)=CC(C(=O)c3ccccc3Cl)=CC2(Cl)C(=O)c2ccccc2Cl)C(Cl)=C1)c1ccccc1Cl. The van der Waals surface area contributed by atoms with Gasteiger partial charge < -0.3 is 0 Å². The molecule has 0 aliphatic heterocycles. The Kier molecular flexibility index (Phi) is 13.1. The van der Waals surface area contributed by atoms with Gasteiger partial charge in [-0.15, -0.1) is 23.2 Å². The zero-order chi connectivity index (χ0) is 42.1. The van der Waals surface area contributed by atoms with Crippen molar-refractivity contribution in [1.29, 1.82) is 0 Å². The molecule has 4 unspecified atom stereocenters. The van der Waals surface area contributed by atoms with Crippen LogP contribution in [-0.4, -0.2) is 44.8 Å². The quantitative estimate of drug-likeness (QED) is 0.0667. The second kappa shape index (κ2) is 17.6. The zero-order valence-electron chi connectivity index (χ0n) is 29.0. The van der Waals surface area contributed by atoms with E-state index in [0.717, 1.165) is 24.3 Å². The maximum Gasteiger partial charge on any atom is 0.366 e. The molecule has 4 aromatic rings. The maximum absolute atomic E-state index is 14.2. The predicted octanol–water partition coefficient (Wildman–Crippen LogP) is 11.4. The molecule has 2 aliphatic carbocycles. The van der Waals surface area contributed by atoms with Crippen LogP contribution in [0.15, 0.2) is 143 Å². The van der Waals surface area contributed by atoms with Crippen LogP contribution in [-0.2, 0) is 19.4 Å². The highest BCUT2D eigenvalue weighted by molar-refractivity contribution is 6.48. The number of benzene rings is 4. The van der Waals surface area contributed by atoms with Crippen molar-refractivity contribution in [3.8, 4) is 0 Å². The highest BCUT2D eigenvalue weighted by Crippen LogP contribution is 2.47. The number of hydrogen-bond acceptors (Lipinski definition) is 8. The summed E-state index contributed by atoms with van der Waals surface area (Å²) in [7, 11) is 0. The van der Waals surface area contributed by atoms with E-state index in [0.29, 0.717) is 0 Å². The predicted molar refractivity (Wildman–Crippen MR) is 223 cm³/mol. The van der Waals surface area contributed by atoms with Crippen molar-refractivity contribution >= 4 is 128 Å². The van der Waals surface area contributed by atoms with Gasteiger partial charge in [-0.2, -0.15) is 0 Å². The minimum atomic E-state index is -2.51. The molecule has 0 saturated heterocycles. The molecule has 0 fully saturated rings. The third-order valence-electron chi connectivity index (χ3n) is 9.08. The molecule has 58 heavy (non-hydrogen) atoms. The van der Waals surface area contributed by atoms with Gasteiger partial charge in [-0.3, -0.25) is 19.2 Å². The van der Waals surface area contributed by atoms with Gasteiger partial charge in [0.05, 0.1) is 20.1 Å². The van der Waals surface area contributed by atoms with Crippen molar-refractivity contribution in [2.75, 3.05) is 0 Å². The average molecular weight is 938 g/mol. The largest absolute Gasteiger partial charge is 0.366 e. The van der Waals surface area contributed by atoms with Crippen LogP contribution in [0.25, 0.3) is 0 Å². The minimum Gasteiger partial charge on any atom is -0.292 e. The topological polar surface area (TPSA) is 121 Å². The van der Waals surface area contributed by atoms with Gasteiger partial charge in [0.2, 0.25) is 0 Å². The molecular formula is C42H22Cl8O8. The Morgan fingerprint density at radius 3 is 1.00 bits per heavy atom. The molecule has 0 radical (unpaired) electrons. The summed E-state index contributed by atoms with van der Waals surface area (Å²) < 4.78 is 0. The van der Waals surface area contributed by atoms with E-state index in [1.54, 1.807) is 36.4 Å². The van der Waals surface area contributed by atoms with Crippen LogP contribution in [0.5, 0.6) is 0 Å².